The van der Waals surface area contributed by atoms with Crippen LogP contribution in [0.2, 0.25) is 15.1 Å². The number of benzene rings is 1. The van der Waals surface area contributed by atoms with Crippen LogP contribution in [0.25, 0.3) is 0 Å². The summed E-state index contributed by atoms with van der Waals surface area (Å²) in [7, 11) is -3.27. The highest BCUT2D eigenvalue weighted by Gasteiger charge is 2.29. The molecule has 0 bridgehead atoms. The maximum absolute atomic E-state index is 12.8. The number of ketones is 1. The number of hydrogen-bond acceptors (Lipinski definition) is 6. The van der Waals surface area contributed by atoms with Crippen LogP contribution in [0, 0.1) is 11.3 Å². The van der Waals surface area contributed by atoms with E-state index in [-0.39, 0.29) is 50.1 Å². The molecule has 1 amide bonds. The Morgan fingerprint density at radius 1 is 1.22 bits per heavy atom. The minimum absolute atomic E-state index is 0.0183. The third-order valence-corrected chi connectivity index (χ3v) is 7.63. The Morgan fingerprint density at radius 3 is 2.47 bits per heavy atom. The Balaban J connectivity index is 1.67. The zero-order chi connectivity index (χ0) is 23.6. The minimum atomic E-state index is -3.27. The van der Waals surface area contributed by atoms with Gasteiger partial charge in [-0.05, 0) is 30.9 Å². The molecule has 0 atom stereocenters. The van der Waals surface area contributed by atoms with Crippen LogP contribution in [-0.4, -0.2) is 59.7 Å². The van der Waals surface area contributed by atoms with Crippen LogP contribution in [0.3, 0.4) is 0 Å². The summed E-state index contributed by atoms with van der Waals surface area (Å²) in [5.74, 6) is -1.29. The maximum atomic E-state index is 12.8. The van der Waals surface area contributed by atoms with Crippen molar-refractivity contribution in [2.45, 2.75) is 19.3 Å². The van der Waals surface area contributed by atoms with E-state index in [0.29, 0.717) is 25.9 Å². The predicted octanol–water partition coefficient (Wildman–Crippen LogP) is 3.89. The van der Waals surface area contributed by atoms with E-state index in [2.05, 4.69) is 15.5 Å². The molecule has 0 saturated carbocycles. The van der Waals surface area contributed by atoms with Crippen molar-refractivity contribution < 1.29 is 18.0 Å². The average molecular weight is 521 g/mol. The lowest BCUT2D eigenvalue weighted by atomic mass is 9.90. The van der Waals surface area contributed by atoms with Gasteiger partial charge in [-0.2, -0.15) is 5.10 Å². The van der Waals surface area contributed by atoms with Crippen LogP contribution in [0.5, 0.6) is 0 Å². The van der Waals surface area contributed by atoms with Gasteiger partial charge >= 0.3 is 0 Å². The van der Waals surface area contributed by atoms with Crippen LogP contribution >= 0.6 is 34.8 Å². The second-order valence-electron chi connectivity index (χ2n) is 7.39. The number of rotatable bonds is 7. The number of halogens is 3. The fourth-order valence-electron chi connectivity index (χ4n) is 3.46. The monoisotopic (exact) mass is 519 g/mol. The van der Waals surface area contributed by atoms with Gasteiger partial charge in [0.25, 0.3) is 5.91 Å². The van der Waals surface area contributed by atoms with Crippen LogP contribution in [0.1, 0.15) is 40.1 Å². The number of aromatic amines is 1. The number of H-pyrrole nitrogens is 1. The first-order valence-electron chi connectivity index (χ1n) is 9.53. The lowest BCUT2D eigenvalue weighted by molar-refractivity contribution is 0.0994. The molecule has 1 aliphatic heterocycles. The molecule has 3 N–H and O–H groups in total. The van der Waals surface area contributed by atoms with Gasteiger partial charge in [-0.25, -0.2) is 12.7 Å². The standard InChI is InChI=1S/C19H20Cl3N5O4S/c1-32(30,31)27-6-4-10(5-7-27)13(23)8-15(28)18-14(9-24-26-18)25-19(29)16-11(20)2-3-12(21)17(16)22/h2-3,9-10,23H,4-8H2,1H3,(H,24,26)(H,25,29). The normalized spacial score (nSPS) is 15.5. The molecule has 0 aliphatic carbocycles. The summed E-state index contributed by atoms with van der Waals surface area (Å²) in [5.41, 5.74) is 0.319. The molecule has 0 spiro atoms. The summed E-state index contributed by atoms with van der Waals surface area (Å²) < 4.78 is 24.6. The molecule has 1 aliphatic rings. The highest BCUT2D eigenvalue weighted by molar-refractivity contribution is 7.88. The zero-order valence-corrected chi connectivity index (χ0v) is 20.0. The van der Waals surface area contributed by atoms with Gasteiger partial charge in [-0.15, -0.1) is 0 Å². The highest BCUT2D eigenvalue weighted by Crippen LogP contribution is 2.32. The molecule has 3 rings (SSSR count). The van der Waals surface area contributed by atoms with Gasteiger partial charge in [0, 0.05) is 18.8 Å². The van der Waals surface area contributed by atoms with Crippen molar-refractivity contribution >= 4 is 67.9 Å². The molecule has 1 fully saturated rings. The number of nitrogens with one attached hydrogen (secondary N) is 3. The third kappa shape index (κ3) is 5.49. The molecule has 1 aromatic heterocycles. The van der Waals surface area contributed by atoms with Crippen LogP contribution in [0.4, 0.5) is 5.69 Å². The van der Waals surface area contributed by atoms with Gasteiger partial charge in [0.15, 0.2) is 5.78 Å². The Kier molecular flexibility index (Phi) is 7.61. The van der Waals surface area contributed by atoms with Crippen molar-refractivity contribution in [3.8, 4) is 0 Å². The van der Waals surface area contributed by atoms with Crippen molar-refractivity contribution in [2.75, 3.05) is 24.7 Å². The van der Waals surface area contributed by atoms with E-state index in [4.69, 9.17) is 40.2 Å². The molecule has 172 valence electrons. The van der Waals surface area contributed by atoms with Crippen molar-refractivity contribution in [3.63, 3.8) is 0 Å². The van der Waals surface area contributed by atoms with Crippen molar-refractivity contribution in [1.29, 1.82) is 5.41 Å². The lowest BCUT2D eigenvalue weighted by Crippen LogP contribution is -2.39. The van der Waals surface area contributed by atoms with Crippen LogP contribution < -0.4 is 5.32 Å². The average Bonchev–Trinajstić information content (AvgIpc) is 3.18. The number of amides is 1. The first-order chi connectivity index (χ1) is 15.0. The minimum Gasteiger partial charge on any atom is -0.319 e. The summed E-state index contributed by atoms with van der Waals surface area (Å²) >= 11 is 18.1. The van der Waals surface area contributed by atoms with E-state index in [1.807, 2.05) is 0 Å². The molecule has 32 heavy (non-hydrogen) atoms. The summed E-state index contributed by atoms with van der Waals surface area (Å²) in [6.07, 6.45) is 3.17. The molecule has 0 radical (unpaired) electrons. The van der Waals surface area contributed by atoms with Crippen LogP contribution in [-0.2, 0) is 10.0 Å². The van der Waals surface area contributed by atoms with Crippen molar-refractivity contribution in [1.82, 2.24) is 14.5 Å². The van der Waals surface area contributed by atoms with Crippen LogP contribution in [0.15, 0.2) is 18.3 Å². The first-order valence-corrected chi connectivity index (χ1v) is 12.5. The highest BCUT2D eigenvalue weighted by atomic mass is 35.5. The van der Waals surface area contributed by atoms with E-state index >= 15 is 0 Å². The molecule has 1 saturated heterocycles. The fourth-order valence-corrected chi connectivity index (χ4v) is 5.03. The molecular weight excluding hydrogens is 501 g/mol. The number of piperidine rings is 1. The van der Waals surface area contributed by atoms with Gasteiger partial charge < -0.3 is 10.7 Å². The van der Waals surface area contributed by atoms with E-state index in [1.54, 1.807) is 0 Å². The summed E-state index contributed by atoms with van der Waals surface area (Å²) in [6, 6.07) is 2.89. The SMILES string of the molecule is CS(=O)(=O)N1CCC(C(=N)CC(=O)c2[nH]ncc2NC(=O)c2c(Cl)ccc(Cl)c2Cl)CC1. The number of sulfonamides is 1. The van der Waals surface area contributed by atoms with Gasteiger partial charge in [-0.1, -0.05) is 34.8 Å². The Bertz CT molecular complexity index is 1170. The molecule has 2 aromatic rings. The smallest absolute Gasteiger partial charge is 0.258 e. The largest absolute Gasteiger partial charge is 0.319 e. The third-order valence-electron chi connectivity index (χ3n) is 5.20. The van der Waals surface area contributed by atoms with Gasteiger partial charge in [-0.3, -0.25) is 14.7 Å². The number of nitrogens with zero attached hydrogens (tertiary/aromatic N) is 2. The summed E-state index contributed by atoms with van der Waals surface area (Å²) in [4.78, 5) is 25.4. The Labute approximate surface area is 200 Å². The molecule has 9 nitrogen and oxygen atoms in total. The number of anilines is 1. The molecule has 0 unspecified atom stereocenters. The van der Waals surface area contributed by atoms with E-state index in [1.165, 1.54) is 22.6 Å². The quantitative estimate of drug-likeness (QED) is 0.289. The number of aromatic nitrogens is 2. The van der Waals surface area contributed by atoms with Gasteiger partial charge in [0.05, 0.1) is 45.2 Å². The molecular formula is C19H20Cl3N5O4S. The number of Topliss-reactive ketones (excluding diaryl/α,β-unsaturated/α-hetero) is 1. The van der Waals surface area contributed by atoms with E-state index < -0.39 is 21.7 Å². The number of carbonyl (C=O) groups excluding carboxylic acids is 2. The molecule has 1 aromatic carbocycles. The summed E-state index contributed by atoms with van der Waals surface area (Å²) in [6.45, 7) is 0.624. The predicted molar refractivity (Wildman–Crippen MR) is 124 cm³/mol. The Hall–Kier alpha value is -1.98. The second-order valence-corrected chi connectivity index (χ2v) is 10.6. The fraction of sp³-hybridized carbons (Fsp3) is 0.368. The van der Waals surface area contributed by atoms with E-state index in [0.717, 1.165) is 6.26 Å². The van der Waals surface area contributed by atoms with Gasteiger partial charge in [0.1, 0.15) is 5.69 Å². The maximum Gasteiger partial charge on any atom is 0.258 e. The topological polar surface area (TPSA) is 136 Å². The summed E-state index contributed by atoms with van der Waals surface area (Å²) in [5, 5.41) is 17.4. The molecule has 2 heterocycles. The molecule has 13 heteroatoms. The number of hydrogen-bond donors (Lipinski definition) is 3. The lowest BCUT2D eigenvalue weighted by Gasteiger charge is -2.30. The van der Waals surface area contributed by atoms with Crippen molar-refractivity contribution in [3.05, 3.63) is 44.7 Å². The first kappa shape index (κ1) is 24.7. The number of carbonyl (C=O) groups is 2. The zero-order valence-electron chi connectivity index (χ0n) is 16.9. The second kappa shape index (κ2) is 9.88. The van der Waals surface area contributed by atoms with Gasteiger partial charge in [0.2, 0.25) is 10.0 Å². The van der Waals surface area contributed by atoms with E-state index in [9.17, 15) is 18.0 Å². The Morgan fingerprint density at radius 2 is 1.84 bits per heavy atom. The van der Waals surface area contributed by atoms with Crippen molar-refractivity contribution in [2.24, 2.45) is 5.92 Å².